The molecule has 1 amide bonds. The van der Waals surface area contributed by atoms with E-state index in [2.05, 4.69) is 21.2 Å². The second kappa shape index (κ2) is 7.02. The molecule has 2 unspecified atom stereocenters. The molecule has 1 aliphatic carbocycles. The van der Waals surface area contributed by atoms with E-state index in [1.165, 1.54) is 18.6 Å². The monoisotopic (exact) mass is 439 g/mol. The summed E-state index contributed by atoms with van der Waals surface area (Å²) in [5, 5.41) is 4.02. The van der Waals surface area contributed by atoms with Gasteiger partial charge in [0.2, 0.25) is 0 Å². The quantitative estimate of drug-likeness (QED) is 0.557. The zero-order chi connectivity index (χ0) is 13.8. The molecule has 2 nitrogen and oxygen atoms in total. The van der Waals surface area contributed by atoms with Crippen molar-refractivity contribution in [1.29, 1.82) is 0 Å². The fourth-order valence-corrected chi connectivity index (χ4v) is 4.00. The van der Waals surface area contributed by atoms with Gasteiger partial charge in [0.15, 0.2) is 0 Å². The Labute approximate surface area is 134 Å². The molecule has 1 aromatic carbocycles. The molecule has 0 radical (unpaired) electrons. The first-order valence-electron chi connectivity index (χ1n) is 6.43. The van der Waals surface area contributed by atoms with Gasteiger partial charge in [0.1, 0.15) is 5.82 Å². The standard InChI is InChI=1S/C14H16BrFINO/c15-8-9-3-1-2-4-13(9)18-14(19)11-6-5-10(16)7-12(11)17/h5-7,9,13H,1-4,8H2,(H,18,19). The van der Waals surface area contributed by atoms with Crippen molar-refractivity contribution < 1.29 is 9.18 Å². The van der Waals surface area contributed by atoms with Crippen LogP contribution in [0.2, 0.25) is 0 Å². The molecule has 0 bridgehead atoms. The number of hydrogen-bond acceptors (Lipinski definition) is 1. The van der Waals surface area contributed by atoms with Crippen molar-refractivity contribution in [1.82, 2.24) is 5.32 Å². The number of alkyl halides is 1. The maximum absolute atomic E-state index is 13.0. The van der Waals surface area contributed by atoms with Crippen LogP contribution in [0.25, 0.3) is 0 Å². The van der Waals surface area contributed by atoms with Gasteiger partial charge in [-0.1, -0.05) is 28.8 Å². The smallest absolute Gasteiger partial charge is 0.252 e. The van der Waals surface area contributed by atoms with Crippen LogP contribution in [0.1, 0.15) is 36.0 Å². The molecule has 2 atom stereocenters. The first kappa shape index (κ1) is 15.2. The lowest BCUT2D eigenvalue weighted by atomic mass is 9.86. The van der Waals surface area contributed by atoms with Crippen molar-refractivity contribution in [3.05, 3.63) is 33.1 Å². The number of hydrogen-bond donors (Lipinski definition) is 1. The lowest BCUT2D eigenvalue weighted by Gasteiger charge is -2.31. The van der Waals surface area contributed by atoms with Gasteiger partial charge in [0, 0.05) is 14.9 Å². The van der Waals surface area contributed by atoms with Gasteiger partial charge in [-0.25, -0.2) is 4.39 Å². The van der Waals surface area contributed by atoms with E-state index >= 15 is 0 Å². The first-order valence-corrected chi connectivity index (χ1v) is 8.63. The molecule has 1 aliphatic rings. The lowest BCUT2D eigenvalue weighted by Crippen LogP contribution is -2.43. The highest BCUT2D eigenvalue weighted by molar-refractivity contribution is 14.1. The van der Waals surface area contributed by atoms with Crippen LogP contribution < -0.4 is 5.32 Å². The molecule has 0 saturated heterocycles. The summed E-state index contributed by atoms with van der Waals surface area (Å²) in [6.45, 7) is 0. The highest BCUT2D eigenvalue weighted by atomic mass is 127. The Bertz CT molecular complexity index is 469. The topological polar surface area (TPSA) is 29.1 Å². The van der Waals surface area contributed by atoms with E-state index in [0.29, 0.717) is 15.1 Å². The predicted molar refractivity (Wildman–Crippen MR) is 86.1 cm³/mol. The Morgan fingerprint density at radius 3 is 2.84 bits per heavy atom. The minimum atomic E-state index is -0.308. The van der Waals surface area contributed by atoms with Gasteiger partial charge in [0.05, 0.1) is 5.56 Å². The van der Waals surface area contributed by atoms with Crippen LogP contribution in [0.15, 0.2) is 18.2 Å². The van der Waals surface area contributed by atoms with Gasteiger partial charge in [-0.15, -0.1) is 0 Å². The van der Waals surface area contributed by atoms with Crippen molar-refractivity contribution in [2.75, 3.05) is 5.33 Å². The Morgan fingerprint density at radius 1 is 1.42 bits per heavy atom. The summed E-state index contributed by atoms with van der Waals surface area (Å²) in [6.07, 6.45) is 4.57. The molecule has 104 valence electrons. The molecule has 0 heterocycles. The average Bonchev–Trinajstić information content (AvgIpc) is 2.39. The van der Waals surface area contributed by atoms with Gasteiger partial charge in [-0.2, -0.15) is 0 Å². The molecular formula is C14H16BrFINO. The van der Waals surface area contributed by atoms with Crippen molar-refractivity contribution in [3.63, 3.8) is 0 Å². The number of carbonyl (C=O) groups excluding carboxylic acids is 1. The van der Waals surface area contributed by atoms with Gasteiger partial charge in [0.25, 0.3) is 5.91 Å². The molecule has 1 saturated carbocycles. The van der Waals surface area contributed by atoms with Crippen LogP contribution in [0.4, 0.5) is 4.39 Å². The molecular weight excluding hydrogens is 424 g/mol. The molecule has 19 heavy (non-hydrogen) atoms. The molecule has 0 aliphatic heterocycles. The summed E-state index contributed by atoms with van der Waals surface area (Å²) >= 11 is 5.52. The number of amides is 1. The predicted octanol–water partition coefficient (Wildman–Crippen LogP) is 4.11. The summed E-state index contributed by atoms with van der Waals surface area (Å²) < 4.78 is 13.7. The Hall–Kier alpha value is -0.170. The van der Waals surface area contributed by atoms with Crippen LogP contribution in [0, 0.1) is 15.3 Å². The Balaban J connectivity index is 2.07. The van der Waals surface area contributed by atoms with E-state index in [4.69, 9.17) is 0 Å². The van der Waals surface area contributed by atoms with E-state index in [1.807, 2.05) is 22.6 Å². The summed E-state index contributed by atoms with van der Waals surface area (Å²) in [7, 11) is 0. The third kappa shape index (κ3) is 3.90. The van der Waals surface area contributed by atoms with E-state index in [0.717, 1.165) is 24.6 Å². The maximum atomic E-state index is 13.0. The fraction of sp³-hybridized carbons (Fsp3) is 0.500. The molecule has 0 spiro atoms. The minimum absolute atomic E-state index is 0.0951. The molecule has 1 N–H and O–H groups in total. The van der Waals surface area contributed by atoms with Crippen molar-refractivity contribution in [2.24, 2.45) is 5.92 Å². The van der Waals surface area contributed by atoms with Crippen LogP contribution in [0.5, 0.6) is 0 Å². The summed E-state index contributed by atoms with van der Waals surface area (Å²) in [4.78, 5) is 12.3. The maximum Gasteiger partial charge on any atom is 0.252 e. The molecule has 1 aromatic rings. The SMILES string of the molecule is O=C(NC1CCCCC1CBr)c1ccc(F)cc1I. The lowest BCUT2D eigenvalue weighted by molar-refractivity contribution is 0.0910. The van der Waals surface area contributed by atoms with Crippen molar-refractivity contribution >= 4 is 44.4 Å². The molecule has 1 fully saturated rings. The highest BCUT2D eigenvalue weighted by Crippen LogP contribution is 2.26. The Morgan fingerprint density at radius 2 is 2.16 bits per heavy atom. The summed E-state index contributed by atoms with van der Waals surface area (Å²) in [5.41, 5.74) is 0.556. The zero-order valence-electron chi connectivity index (χ0n) is 10.5. The van der Waals surface area contributed by atoms with Gasteiger partial charge in [-0.3, -0.25) is 4.79 Å². The van der Waals surface area contributed by atoms with Crippen LogP contribution in [-0.2, 0) is 0 Å². The average molecular weight is 440 g/mol. The minimum Gasteiger partial charge on any atom is -0.349 e. The highest BCUT2D eigenvalue weighted by Gasteiger charge is 2.26. The van der Waals surface area contributed by atoms with E-state index in [1.54, 1.807) is 6.07 Å². The third-order valence-corrected chi connectivity index (χ3v) is 5.32. The number of halogens is 3. The van der Waals surface area contributed by atoms with Gasteiger partial charge < -0.3 is 5.32 Å². The largest absolute Gasteiger partial charge is 0.349 e. The van der Waals surface area contributed by atoms with E-state index < -0.39 is 0 Å². The summed E-state index contributed by atoms with van der Waals surface area (Å²) in [6, 6.07) is 4.50. The zero-order valence-corrected chi connectivity index (χ0v) is 14.2. The van der Waals surface area contributed by atoms with Crippen molar-refractivity contribution in [2.45, 2.75) is 31.7 Å². The number of carbonyl (C=O) groups is 1. The second-order valence-electron chi connectivity index (χ2n) is 4.90. The number of nitrogens with one attached hydrogen (secondary N) is 1. The van der Waals surface area contributed by atoms with Crippen molar-refractivity contribution in [3.8, 4) is 0 Å². The van der Waals surface area contributed by atoms with Gasteiger partial charge in [-0.05, 0) is 59.5 Å². The molecule has 2 rings (SSSR count). The van der Waals surface area contributed by atoms with Crippen LogP contribution >= 0.6 is 38.5 Å². The second-order valence-corrected chi connectivity index (χ2v) is 6.71. The van der Waals surface area contributed by atoms with E-state index in [9.17, 15) is 9.18 Å². The van der Waals surface area contributed by atoms with Gasteiger partial charge >= 0.3 is 0 Å². The number of rotatable bonds is 3. The molecule has 5 heteroatoms. The van der Waals surface area contributed by atoms with E-state index in [-0.39, 0.29) is 17.8 Å². The Kier molecular flexibility index (Phi) is 5.62. The van der Waals surface area contributed by atoms with Crippen LogP contribution in [-0.4, -0.2) is 17.3 Å². The summed E-state index contributed by atoms with van der Waals surface area (Å²) in [5.74, 6) is 0.0926. The fourth-order valence-electron chi connectivity index (χ4n) is 2.50. The van der Waals surface area contributed by atoms with Crippen LogP contribution in [0.3, 0.4) is 0 Å². The normalized spacial score (nSPS) is 23.1. The number of benzene rings is 1. The molecule has 0 aromatic heterocycles. The first-order chi connectivity index (χ1) is 9.11. The third-order valence-electron chi connectivity index (χ3n) is 3.60.